The molecule has 0 saturated heterocycles. The molecule has 1 saturated carbocycles. The Morgan fingerprint density at radius 2 is 2.04 bits per heavy atom. The molecule has 2 aliphatic rings. The Balaban J connectivity index is 1.70. The van der Waals surface area contributed by atoms with Crippen LogP contribution in [-0.4, -0.2) is 16.1 Å². The number of benzene rings is 1. The molecule has 2 aromatic rings. The fourth-order valence-electron chi connectivity index (χ4n) is 3.99. The number of halogens is 4. The minimum absolute atomic E-state index is 0.0559. The van der Waals surface area contributed by atoms with E-state index in [1.165, 1.54) is 0 Å². The first-order chi connectivity index (χ1) is 12.0. The van der Waals surface area contributed by atoms with E-state index >= 15 is 0 Å². The Morgan fingerprint density at radius 3 is 2.76 bits per heavy atom. The number of carbonyl (C=O) groups excluding carboxylic acids is 1. The summed E-state index contributed by atoms with van der Waals surface area (Å²) < 4.78 is 26.2. The molecular formula is C17H13Cl2F2N3O. The molecule has 2 bridgehead atoms. The third-order valence-electron chi connectivity index (χ3n) is 4.96. The van der Waals surface area contributed by atoms with Crippen LogP contribution in [0.2, 0.25) is 0 Å². The summed E-state index contributed by atoms with van der Waals surface area (Å²) in [6.45, 7) is 0. The van der Waals surface area contributed by atoms with Crippen LogP contribution in [0.1, 0.15) is 58.3 Å². The zero-order chi connectivity index (χ0) is 17.7. The lowest BCUT2D eigenvalue weighted by molar-refractivity contribution is 0.101. The standard InChI is InChI=1S/C17H13Cl2F2N3O/c18-15(19)13-8-4-5-9(13)12-7(8)2-1-3-11(12)23-17(25)10-6-22-24-14(10)16(20)21/h1-3,6,8-9,16H,4-5H2,(H,22,24)(H,23,25)/t8-,9+/m0/s1. The maximum Gasteiger partial charge on any atom is 0.280 e. The molecule has 1 amide bonds. The number of aromatic nitrogens is 2. The van der Waals surface area contributed by atoms with Gasteiger partial charge in [-0.2, -0.15) is 5.10 Å². The predicted molar refractivity (Wildman–Crippen MR) is 91.4 cm³/mol. The smallest absolute Gasteiger partial charge is 0.280 e. The highest BCUT2D eigenvalue weighted by molar-refractivity contribution is 6.56. The van der Waals surface area contributed by atoms with Crippen molar-refractivity contribution in [1.29, 1.82) is 0 Å². The quantitative estimate of drug-likeness (QED) is 0.758. The number of anilines is 1. The van der Waals surface area contributed by atoms with Gasteiger partial charge in [0, 0.05) is 17.5 Å². The van der Waals surface area contributed by atoms with Crippen molar-refractivity contribution in [1.82, 2.24) is 10.2 Å². The summed E-state index contributed by atoms with van der Waals surface area (Å²) in [7, 11) is 0. The normalized spacial score (nSPS) is 20.9. The minimum atomic E-state index is -2.80. The molecule has 2 N–H and O–H groups in total. The van der Waals surface area contributed by atoms with E-state index in [2.05, 4.69) is 15.5 Å². The maximum atomic E-state index is 13.0. The molecule has 2 atom stereocenters. The number of hydrogen-bond donors (Lipinski definition) is 2. The second-order valence-corrected chi connectivity index (χ2v) is 7.11. The molecule has 0 unspecified atom stereocenters. The second-order valence-electron chi connectivity index (χ2n) is 6.16. The fraction of sp³-hybridized carbons (Fsp3) is 0.294. The fourth-order valence-corrected chi connectivity index (χ4v) is 4.52. The van der Waals surface area contributed by atoms with E-state index < -0.39 is 18.0 Å². The lowest BCUT2D eigenvalue weighted by atomic mass is 9.90. The number of carbonyl (C=O) groups is 1. The molecule has 130 valence electrons. The molecule has 0 radical (unpaired) electrons. The molecule has 2 aliphatic carbocycles. The minimum Gasteiger partial charge on any atom is -0.322 e. The van der Waals surface area contributed by atoms with Crippen molar-refractivity contribution in [2.45, 2.75) is 31.1 Å². The number of H-pyrrole nitrogens is 1. The number of hydrogen-bond acceptors (Lipinski definition) is 2. The third-order valence-corrected chi connectivity index (χ3v) is 5.39. The molecule has 0 aliphatic heterocycles. The van der Waals surface area contributed by atoms with Crippen molar-refractivity contribution < 1.29 is 13.6 Å². The van der Waals surface area contributed by atoms with Gasteiger partial charge in [-0.3, -0.25) is 9.89 Å². The largest absolute Gasteiger partial charge is 0.322 e. The van der Waals surface area contributed by atoms with Gasteiger partial charge in [-0.25, -0.2) is 8.78 Å². The van der Waals surface area contributed by atoms with Gasteiger partial charge in [-0.15, -0.1) is 0 Å². The first-order valence-corrected chi connectivity index (χ1v) is 8.55. The number of amides is 1. The Morgan fingerprint density at radius 1 is 1.28 bits per heavy atom. The number of alkyl halides is 2. The van der Waals surface area contributed by atoms with E-state index in [9.17, 15) is 13.6 Å². The average molecular weight is 384 g/mol. The Kier molecular flexibility index (Phi) is 4.04. The van der Waals surface area contributed by atoms with Crippen molar-refractivity contribution >= 4 is 34.8 Å². The van der Waals surface area contributed by atoms with Gasteiger partial charge in [0.25, 0.3) is 12.3 Å². The van der Waals surface area contributed by atoms with Crippen molar-refractivity contribution in [3.8, 4) is 0 Å². The van der Waals surface area contributed by atoms with E-state index in [0.29, 0.717) is 5.69 Å². The topological polar surface area (TPSA) is 57.8 Å². The van der Waals surface area contributed by atoms with Gasteiger partial charge >= 0.3 is 0 Å². The highest BCUT2D eigenvalue weighted by atomic mass is 35.5. The summed E-state index contributed by atoms with van der Waals surface area (Å²) >= 11 is 12.1. The van der Waals surface area contributed by atoms with Crippen LogP contribution < -0.4 is 5.32 Å². The van der Waals surface area contributed by atoms with Gasteiger partial charge in [0.1, 0.15) is 10.2 Å². The van der Waals surface area contributed by atoms with Crippen molar-refractivity contribution in [3.63, 3.8) is 0 Å². The van der Waals surface area contributed by atoms with E-state index in [1.54, 1.807) is 6.07 Å². The van der Waals surface area contributed by atoms with Crippen LogP contribution in [0.15, 0.2) is 34.5 Å². The van der Waals surface area contributed by atoms with Crippen LogP contribution in [0.3, 0.4) is 0 Å². The van der Waals surface area contributed by atoms with Crippen LogP contribution >= 0.6 is 23.2 Å². The number of nitrogens with one attached hydrogen (secondary N) is 2. The number of aromatic amines is 1. The van der Waals surface area contributed by atoms with Crippen molar-refractivity contribution in [2.24, 2.45) is 0 Å². The van der Waals surface area contributed by atoms with Gasteiger partial charge in [0.05, 0.1) is 11.8 Å². The lowest BCUT2D eigenvalue weighted by Crippen LogP contribution is -2.16. The Bertz CT molecular complexity index is 890. The van der Waals surface area contributed by atoms with Gasteiger partial charge in [0.2, 0.25) is 0 Å². The summed E-state index contributed by atoms with van der Waals surface area (Å²) in [4.78, 5) is 12.5. The van der Waals surface area contributed by atoms with Gasteiger partial charge in [0.15, 0.2) is 0 Å². The first kappa shape index (κ1) is 16.5. The molecule has 25 heavy (non-hydrogen) atoms. The zero-order valence-electron chi connectivity index (χ0n) is 12.8. The number of rotatable bonds is 3. The summed E-state index contributed by atoms with van der Waals surface area (Å²) in [6, 6.07) is 5.59. The molecule has 1 aromatic heterocycles. The van der Waals surface area contributed by atoms with E-state index in [0.717, 1.165) is 35.7 Å². The predicted octanol–water partition coefficient (Wildman–Crippen LogP) is 5.26. The number of fused-ring (bicyclic) bond motifs is 5. The Hall–Kier alpha value is -1.92. The molecule has 4 nitrogen and oxygen atoms in total. The van der Waals surface area contributed by atoms with E-state index in [1.807, 2.05) is 12.1 Å². The van der Waals surface area contributed by atoms with Crippen LogP contribution in [0.25, 0.3) is 0 Å². The summed E-state index contributed by atoms with van der Waals surface area (Å²) in [5.74, 6) is -0.407. The van der Waals surface area contributed by atoms with E-state index in [4.69, 9.17) is 23.2 Å². The highest BCUT2D eigenvalue weighted by Gasteiger charge is 2.44. The van der Waals surface area contributed by atoms with Crippen LogP contribution in [0.4, 0.5) is 14.5 Å². The molecule has 4 rings (SSSR count). The maximum absolute atomic E-state index is 13.0. The lowest BCUT2D eigenvalue weighted by Gasteiger charge is -2.18. The first-order valence-electron chi connectivity index (χ1n) is 7.79. The molecule has 1 aromatic carbocycles. The highest BCUT2D eigenvalue weighted by Crippen LogP contribution is 2.60. The third kappa shape index (κ3) is 2.55. The molecule has 0 spiro atoms. The van der Waals surface area contributed by atoms with Gasteiger partial charge in [-0.1, -0.05) is 35.3 Å². The SMILES string of the molecule is O=C(Nc1cccc2c1[C@H]1CC[C@@H]2C1=C(Cl)Cl)c1cn[nH]c1C(F)F. The van der Waals surface area contributed by atoms with Gasteiger partial charge < -0.3 is 5.32 Å². The average Bonchev–Trinajstić information content (AvgIpc) is 3.28. The van der Waals surface area contributed by atoms with Gasteiger partial charge in [-0.05, 0) is 35.6 Å². The number of allylic oxidation sites excluding steroid dienone is 1. The summed E-state index contributed by atoms with van der Waals surface area (Å²) in [5.41, 5.74) is 2.99. The van der Waals surface area contributed by atoms with Crippen LogP contribution in [0.5, 0.6) is 0 Å². The van der Waals surface area contributed by atoms with Crippen molar-refractivity contribution in [2.75, 3.05) is 5.32 Å². The van der Waals surface area contributed by atoms with Crippen molar-refractivity contribution in [3.05, 3.63) is 56.8 Å². The second kappa shape index (κ2) is 6.11. The molecule has 1 heterocycles. The monoisotopic (exact) mass is 383 g/mol. The molecule has 1 fully saturated rings. The van der Waals surface area contributed by atoms with E-state index in [-0.39, 0.29) is 21.9 Å². The van der Waals surface area contributed by atoms with Crippen LogP contribution in [0, 0.1) is 0 Å². The number of nitrogens with zero attached hydrogens (tertiary/aromatic N) is 1. The summed E-state index contributed by atoms with van der Waals surface area (Å²) in [6.07, 6.45) is 0.166. The molecule has 8 heteroatoms. The van der Waals surface area contributed by atoms with Crippen LogP contribution in [-0.2, 0) is 0 Å². The molecular weight excluding hydrogens is 371 g/mol. The Labute approximate surface area is 152 Å². The zero-order valence-corrected chi connectivity index (χ0v) is 14.3. The summed E-state index contributed by atoms with van der Waals surface area (Å²) in [5, 5.41) is 8.46.